The topological polar surface area (TPSA) is 29.1 Å². The van der Waals surface area contributed by atoms with Gasteiger partial charge in [-0.05, 0) is 48.0 Å². The van der Waals surface area contributed by atoms with E-state index in [1.807, 2.05) is 0 Å². The molecule has 144 valence electrons. The van der Waals surface area contributed by atoms with Crippen molar-refractivity contribution in [1.29, 1.82) is 0 Å². The minimum absolute atomic E-state index is 0.0297. The quantitative estimate of drug-likeness (QED) is 0.429. The number of amides is 1. The predicted molar refractivity (Wildman–Crippen MR) is 90.6 cm³/mol. The van der Waals surface area contributed by atoms with E-state index in [9.17, 15) is 31.1 Å². The van der Waals surface area contributed by atoms with E-state index in [4.69, 9.17) is 23.2 Å². The van der Waals surface area contributed by atoms with Crippen molar-refractivity contribution in [3.05, 3.63) is 69.2 Å². The molecule has 2 nitrogen and oxygen atoms in total. The molecule has 2 aromatic rings. The average molecular weight is 428 g/mol. The zero-order chi connectivity index (χ0) is 20.4. The number of hydrogen-bond donors (Lipinski definition) is 1. The first kappa shape index (κ1) is 21.1. The van der Waals surface area contributed by atoms with Gasteiger partial charge in [-0.2, -0.15) is 26.3 Å². The van der Waals surface area contributed by atoms with Crippen LogP contribution in [0.2, 0.25) is 10.0 Å². The zero-order valence-corrected chi connectivity index (χ0v) is 14.6. The van der Waals surface area contributed by atoms with Crippen molar-refractivity contribution in [2.24, 2.45) is 0 Å². The molecule has 2 rings (SSSR count). The van der Waals surface area contributed by atoms with E-state index in [2.05, 4.69) is 5.32 Å². The lowest BCUT2D eigenvalue weighted by Crippen LogP contribution is -2.11. The fraction of sp³-hybridized carbons (Fsp3) is 0.118. The van der Waals surface area contributed by atoms with Crippen LogP contribution in [-0.4, -0.2) is 5.91 Å². The third-order valence-corrected chi connectivity index (χ3v) is 3.95. The number of benzene rings is 2. The van der Waals surface area contributed by atoms with Crippen LogP contribution in [0.15, 0.2) is 42.5 Å². The molecular weight excluding hydrogens is 419 g/mol. The summed E-state index contributed by atoms with van der Waals surface area (Å²) >= 11 is 11.3. The van der Waals surface area contributed by atoms with E-state index >= 15 is 0 Å². The fourth-order valence-corrected chi connectivity index (χ4v) is 2.42. The molecular formula is C17H9Cl2F6NO. The van der Waals surface area contributed by atoms with Gasteiger partial charge in [0.25, 0.3) is 0 Å². The van der Waals surface area contributed by atoms with Crippen molar-refractivity contribution >= 4 is 40.9 Å². The van der Waals surface area contributed by atoms with Crippen molar-refractivity contribution < 1.29 is 31.1 Å². The summed E-state index contributed by atoms with van der Waals surface area (Å²) < 4.78 is 76.5. The summed E-state index contributed by atoms with van der Waals surface area (Å²) in [4.78, 5) is 11.8. The van der Waals surface area contributed by atoms with E-state index < -0.39 is 34.4 Å². The number of hydrogen-bond acceptors (Lipinski definition) is 1. The highest BCUT2D eigenvalue weighted by atomic mass is 35.5. The minimum atomic E-state index is -4.71. The number of alkyl halides is 6. The average Bonchev–Trinajstić information content (AvgIpc) is 2.53. The maximum absolute atomic E-state index is 12.8. The van der Waals surface area contributed by atoms with Crippen LogP contribution in [0, 0.1) is 0 Å². The second-order valence-electron chi connectivity index (χ2n) is 5.25. The number of halogens is 8. The Kier molecular flexibility index (Phi) is 6.11. The predicted octanol–water partition coefficient (Wildman–Crippen LogP) is 6.68. The first-order chi connectivity index (χ1) is 12.4. The molecule has 0 unspecified atom stereocenters. The molecule has 1 amide bonds. The van der Waals surface area contributed by atoms with Gasteiger partial charge in [-0.15, -0.1) is 0 Å². The maximum atomic E-state index is 12.8. The fourth-order valence-electron chi connectivity index (χ4n) is 2.02. The Hall–Kier alpha value is -2.19. The summed E-state index contributed by atoms with van der Waals surface area (Å²) in [6.07, 6.45) is -7.43. The Balaban J connectivity index is 2.19. The van der Waals surface area contributed by atoms with Crippen LogP contribution in [0.25, 0.3) is 6.08 Å². The van der Waals surface area contributed by atoms with Gasteiger partial charge in [-0.3, -0.25) is 4.79 Å². The van der Waals surface area contributed by atoms with Gasteiger partial charge in [-0.25, -0.2) is 0 Å². The summed E-state index contributed by atoms with van der Waals surface area (Å²) in [5.41, 5.74) is -2.35. The monoisotopic (exact) mass is 427 g/mol. The number of nitrogens with one attached hydrogen (secondary N) is 1. The third kappa shape index (κ3) is 5.64. The van der Waals surface area contributed by atoms with E-state index in [1.165, 1.54) is 0 Å². The van der Waals surface area contributed by atoms with E-state index in [0.29, 0.717) is 6.07 Å². The van der Waals surface area contributed by atoms with Crippen LogP contribution in [0.1, 0.15) is 16.7 Å². The Labute approximate surface area is 159 Å². The van der Waals surface area contributed by atoms with E-state index in [0.717, 1.165) is 42.5 Å². The van der Waals surface area contributed by atoms with Gasteiger partial charge in [0.05, 0.1) is 16.1 Å². The normalized spacial score (nSPS) is 12.4. The molecule has 0 bridgehead atoms. The molecule has 27 heavy (non-hydrogen) atoms. The molecule has 0 saturated carbocycles. The van der Waals surface area contributed by atoms with Crippen LogP contribution in [0.3, 0.4) is 0 Å². The second kappa shape index (κ2) is 7.82. The standard InChI is InChI=1S/C17H9Cl2F6NO/c18-13-4-2-10(16(20,21)22)7-9(13)1-6-15(27)26-11-3-5-14(19)12(8-11)17(23,24)25/h1-8H,(H,26,27)/b6-1+. The van der Waals surface area contributed by atoms with Crippen LogP contribution >= 0.6 is 23.2 Å². The van der Waals surface area contributed by atoms with Crippen LogP contribution in [0.4, 0.5) is 32.0 Å². The van der Waals surface area contributed by atoms with Gasteiger partial charge in [0.2, 0.25) is 5.91 Å². The van der Waals surface area contributed by atoms with Gasteiger partial charge in [0, 0.05) is 16.8 Å². The molecule has 0 heterocycles. The lowest BCUT2D eigenvalue weighted by molar-refractivity contribution is -0.138. The molecule has 0 radical (unpaired) electrons. The van der Waals surface area contributed by atoms with Gasteiger partial charge in [0.1, 0.15) is 0 Å². The minimum Gasteiger partial charge on any atom is -0.322 e. The largest absolute Gasteiger partial charge is 0.417 e. The summed E-state index contributed by atoms with van der Waals surface area (Å²) in [5.74, 6) is -0.862. The van der Waals surface area contributed by atoms with Crippen LogP contribution in [0.5, 0.6) is 0 Å². The second-order valence-corrected chi connectivity index (χ2v) is 6.06. The maximum Gasteiger partial charge on any atom is 0.417 e. The molecule has 0 aliphatic carbocycles. The number of carbonyl (C=O) groups is 1. The molecule has 2 aromatic carbocycles. The summed E-state index contributed by atoms with van der Waals surface area (Å²) in [6, 6.07) is 5.32. The molecule has 0 saturated heterocycles. The smallest absolute Gasteiger partial charge is 0.322 e. The number of anilines is 1. The lowest BCUT2D eigenvalue weighted by Gasteiger charge is -2.11. The van der Waals surface area contributed by atoms with Crippen molar-refractivity contribution in [2.75, 3.05) is 5.32 Å². The molecule has 0 spiro atoms. The van der Waals surface area contributed by atoms with E-state index in [1.54, 1.807) is 0 Å². The highest BCUT2D eigenvalue weighted by Gasteiger charge is 2.33. The van der Waals surface area contributed by atoms with Gasteiger partial charge in [0.15, 0.2) is 0 Å². The Morgan fingerprint density at radius 1 is 0.889 bits per heavy atom. The van der Waals surface area contributed by atoms with E-state index in [-0.39, 0.29) is 16.3 Å². The Morgan fingerprint density at radius 2 is 1.52 bits per heavy atom. The summed E-state index contributed by atoms with van der Waals surface area (Å²) in [6.45, 7) is 0. The molecule has 1 N–H and O–H groups in total. The highest BCUT2D eigenvalue weighted by molar-refractivity contribution is 6.32. The molecule has 0 fully saturated rings. The highest BCUT2D eigenvalue weighted by Crippen LogP contribution is 2.36. The zero-order valence-electron chi connectivity index (χ0n) is 13.1. The van der Waals surface area contributed by atoms with Crippen LogP contribution in [-0.2, 0) is 17.1 Å². The molecule has 0 atom stereocenters. The van der Waals surface area contributed by atoms with Gasteiger partial charge in [-0.1, -0.05) is 23.2 Å². The number of rotatable bonds is 3. The molecule has 10 heteroatoms. The van der Waals surface area contributed by atoms with Crippen LogP contribution < -0.4 is 5.32 Å². The Bertz CT molecular complexity index is 890. The van der Waals surface area contributed by atoms with Gasteiger partial charge >= 0.3 is 12.4 Å². The Morgan fingerprint density at radius 3 is 2.11 bits per heavy atom. The first-order valence-electron chi connectivity index (χ1n) is 7.10. The van der Waals surface area contributed by atoms with Crippen molar-refractivity contribution in [3.63, 3.8) is 0 Å². The lowest BCUT2D eigenvalue weighted by atomic mass is 10.1. The summed E-state index contributed by atoms with van der Waals surface area (Å²) in [5, 5.41) is 1.60. The van der Waals surface area contributed by atoms with Crippen molar-refractivity contribution in [1.82, 2.24) is 0 Å². The van der Waals surface area contributed by atoms with Crippen molar-refractivity contribution in [3.8, 4) is 0 Å². The molecule has 0 aliphatic rings. The number of carbonyl (C=O) groups excluding carboxylic acids is 1. The van der Waals surface area contributed by atoms with Gasteiger partial charge < -0.3 is 5.32 Å². The summed E-state index contributed by atoms with van der Waals surface area (Å²) in [7, 11) is 0. The molecule has 0 aliphatic heterocycles. The van der Waals surface area contributed by atoms with Crippen molar-refractivity contribution in [2.45, 2.75) is 12.4 Å². The molecule has 0 aromatic heterocycles. The SMILES string of the molecule is O=C(/C=C/c1cc(C(F)(F)F)ccc1Cl)Nc1ccc(Cl)c(C(F)(F)F)c1. The third-order valence-electron chi connectivity index (χ3n) is 3.28. The first-order valence-corrected chi connectivity index (χ1v) is 7.86.